The number of carbonyl (C=O) groups is 2. The Balaban J connectivity index is 1.44. The van der Waals surface area contributed by atoms with Crippen molar-refractivity contribution < 1.29 is 33.6 Å². The largest absolute Gasteiger partial charge is 0.481 e. The molecule has 1 amide bonds. The van der Waals surface area contributed by atoms with Gasteiger partial charge in [0.05, 0.1) is 12.5 Å². The van der Waals surface area contributed by atoms with Crippen molar-refractivity contribution in [1.82, 2.24) is 30.4 Å². The summed E-state index contributed by atoms with van der Waals surface area (Å²) in [5.74, 6) is -0.621. The average molecular weight is 539 g/mol. The van der Waals surface area contributed by atoms with Crippen LogP contribution in [-0.2, 0) is 14.3 Å². The number of hydrogen-bond acceptors (Lipinski definition) is 10. The highest BCUT2D eigenvalue weighted by Gasteiger charge is 2.48. The molecule has 13 nitrogen and oxygen atoms in total. The number of carboxylic acids is 1. The molecule has 3 heterocycles. The molecule has 1 aromatic heterocycles. The summed E-state index contributed by atoms with van der Waals surface area (Å²) in [7, 11) is 1.45. The Morgan fingerprint density at radius 3 is 2.62 bits per heavy atom. The zero-order valence-corrected chi connectivity index (χ0v) is 21.6. The van der Waals surface area contributed by atoms with Crippen LogP contribution in [0.1, 0.15) is 42.8 Å². The second-order valence-corrected chi connectivity index (χ2v) is 9.29. The molecule has 3 aromatic rings. The van der Waals surface area contributed by atoms with E-state index in [1.807, 2.05) is 24.0 Å². The molecule has 0 spiro atoms. The minimum atomic E-state index is -0.948. The number of fused-ring (bicyclic) bond motifs is 1. The third-order valence-electron chi connectivity index (χ3n) is 6.84. The number of methoxy groups -OCH3 is 1. The van der Waals surface area contributed by atoms with Crippen LogP contribution in [0.25, 0.3) is 0 Å². The van der Waals surface area contributed by atoms with Gasteiger partial charge in [0, 0.05) is 32.2 Å². The Labute approximate surface area is 224 Å². The Morgan fingerprint density at radius 1 is 1.15 bits per heavy atom. The predicted molar refractivity (Wildman–Crippen MR) is 135 cm³/mol. The fourth-order valence-electron chi connectivity index (χ4n) is 5.10. The van der Waals surface area contributed by atoms with Crippen molar-refractivity contribution in [3.63, 3.8) is 0 Å². The molecular weight excluding hydrogens is 508 g/mol. The van der Waals surface area contributed by atoms with Gasteiger partial charge in [0.1, 0.15) is 5.75 Å². The number of nitrogens with one attached hydrogen (secondary N) is 1. The van der Waals surface area contributed by atoms with Crippen molar-refractivity contribution in [2.75, 3.05) is 33.5 Å². The van der Waals surface area contributed by atoms with Gasteiger partial charge in [0.15, 0.2) is 17.8 Å². The predicted octanol–water partition coefficient (Wildman–Crippen LogP) is 1.95. The smallest absolute Gasteiger partial charge is 0.321 e. The number of hydrogen-bond donors (Lipinski definition) is 2. The zero-order valence-electron chi connectivity index (χ0n) is 21.6. The summed E-state index contributed by atoms with van der Waals surface area (Å²) in [6.07, 6.45) is 1.15. The molecular formula is C26H30N6O7. The van der Waals surface area contributed by atoms with Gasteiger partial charge in [0.2, 0.25) is 12.7 Å². The van der Waals surface area contributed by atoms with E-state index in [9.17, 15) is 14.7 Å². The number of tetrazole rings is 1. The monoisotopic (exact) mass is 538 g/mol. The summed E-state index contributed by atoms with van der Waals surface area (Å²) >= 11 is 0. The number of aliphatic carboxylic acids is 1. The van der Waals surface area contributed by atoms with Crippen LogP contribution in [0, 0.1) is 5.92 Å². The molecule has 1 unspecified atom stereocenters. The van der Waals surface area contributed by atoms with Crippen molar-refractivity contribution in [1.29, 1.82) is 0 Å². The van der Waals surface area contributed by atoms with E-state index < -0.39 is 24.3 Å². The Bertz CT molecular complexity index is 1290. The zero-order chi connectivity index (χ0) is 27.4. The molecule has 4 atom stereocenters. The number of likely N-dealkylation sites (tertiary alicyclic amines) is 1. The normalized spacial score (nSPS) is 21.0. The lowest BCUT2D eigenvalue weighted by Gasteiger charge is -2.27. The maximum absolute atomic E-state index is 12.7. The molecule has 0 aliphatic carbocycles. The van der Waals surface area contributed by atoms with Crippen LogP contribution in [0.4, 0.5) is 0 Å². The van der Waals surface area contributed by atoms with Gasteiger partial charge in [-0.1, -0.05) is 29.9 Å². The molecule has 0 radical (unpaired) electrons. The summed E-state index contributed by atoms with van der Waals surface area (Å²) in [6.45, 7) is 3.11. The van der Waals surface area contributed by atoms with Gasteiger partial charge in [0.25, 0.3) is 0 Å². The van der Waals surface area contributed by atoms with E-state index in [1.54, 1.807) is 30.3 Å². The summed E-state index contributed by atoms with van der Waals surface area (Å²) in [6, 6.07) is 12.0. The van der Waals surface area contributed by atoms with Gasteiger partial charge in [-0.15, -0.1) is 10.2 Å². The third-order valence-corrected chi connectivity index (χ3v) is 6.84. The van der Waals surface area contributed by atoms with E-state index in [-0.39, 0.29) is 25.2 Å². The van der Waals surface area contributed by atoms with Crippen molar-refractivity contribution in [2.45, 2.75) is 31.7 Å². The second-order valence-electron chi connectivity index (χ2n) is 9.29. The number of rotatable bonds is 11. The molecule has 2 aliphatic heterocycles. The lowest BCUT2D eigenvalue weighted by molar-refractivity contribution is -0.143. The van der Waals surface area contributed by atoms with E-state index in [4.69, 9.17) is 18.9 Å². The first-order valence-corrected chi connectivity index (χ1v) is 12.6. The second kappa shape index (κ2) is 11.7. The van der Waals surface area contributed by atoms with Gasteiger partial charge < -0.3 is 29.4 Å². The SMILES string of the molecule is CCCNC(=O)CN1C[C@H](c2ccc3c(c2)OCO3)[C@H](C(=O)O)[C@H]1c1ccc(OC(OC)n2ncnn2)cc1. The Kier molecular flexibility index (Phi) is 7.89. The number of nitrogens with zero attached hydrogens (tertiary/aromatic N) is 5. The summed E-state index contributed by atoms with van der Waals surface area (Å²) in [5, 5.41) is 24.7. The van der Waals surface area contributed by atoms with E-state index in [2.05, 4.69) is 20.7 Å². The van der Waals surface area contributed by atoms with Crippen molar-refractivity contribution in [2.24, 2.45) is 5.92 Å². The molecule has 0 saturated carbocycles. The van der Waals surface area contributed by atoms with Gasteiger partial charge in [-0.05, 0) is 47.0 Å². The first kappa shape index (κ1) is 26.4. The highest BCUT2D eigenvalue weighted by molar-refractivity contribution is 5.79. The van der Waals surface area contributed by atoms with E-state index in [1.165, 1.54) is 18.2 Å². The van der Waals surface area contributed by atoms with Crippen LogP contribution in [0.5, 0.6) is 17.2 Å². The fraction of sp³-hybridized carbons (Fsp3) is 0.423. The van der Waals surface area contributed by atoms with Gasteiger partial charge in [-0.2, -0.15) is 0 Å². The van der Waals surface area contributed by atoms with E-state index in [0.29, 0.717) is 30.3 Å². The molecule has 5 rings (SSSR count). The van der Waals surface area contributed by atoms with Crippen LogP contribution in [0.15, 0.2) is 48.8 Å². The standard InChI is InChI=1S/C26H30N6O7/c1-3-10-27-22(33)13-31-12-19(17-6-9-20-21(11-17)38-15-37-20)23(25(34)35)24(31)16-4-7-18(8-5-16)39-26(36-2)32-29-14-28-30-32/h4-9,11,14,19,23-24,26H,3,10,12-13,15H2,1-2H3,(H,27,33)(H,34,35)/t19-,23+,24-,26?/m1/s1. The lowest BCUT2D eigenvalue weighted by Crippen LogP contribution is -2.38. The van der Waals surface area contributed by atoms with Crippen molar-refractivity contribution in [3.8, 4) is 17.2 Å². The maximum Gasteiger partial charge on any atom is 0.321 e. The summed E-state index contributed by atoms with van der Waals surface area (Å²) in [5.41, 5.74) is 1.56. The number of carbonyl (C=O) groups excluding carboxylic acids is 1. The van der Waals surface area contributed by atoms with Crippen LogP contribution >= 0.6 is 0 Å². The number of aromatic nitrogens is 4. The molecule has 206 valence electrons. The number of benzene rings is 2. The van der Waals surface area contributed by atoms with Crippen molar-refractivity contribution in [3.05, 3.63) is 59.9 Å². The molecule has 0 bridgehead atoms. The lowest BCUT2D eigenvalue weighted by atomic mass is 9.82. The van der Waals surface area contributed by atoms with Gasteiger partial charge in [-0.3, -0.25) is 14.5 Å². The quantitative estimate of drug-likeness (QED) is 0.345. The van der Waals surface area contributed by atoms with E-state index >= 15 is 0 Å². The molecule has 2 aliphatic rings. The summed E-state index contributed by atoms with van der Waals surface area (Å²) < 4.78 is 22.1. The van der Waals surface area contributed by atoms with Gasteiger partial charge in [-0.25, -0.2) is 0 Å². The van der Waals surface area contributed by atoms with Gasteiger partial charge >= 0.3 is 12.4 Å². The van der Waals surface area contributed by atoms with Crippen LogP contribution in [0.3, 0.4) is 0 Å². The third kappa shape index (κ3) is 5.64. The average Bonchev–Trinajstić information content (AvgIpc) is 3.70. The number of ether oxygens (including phenoxy) is 4. The van der Waals surface area contributed by atoms with Crippen LogP contribution < -0.4 is 19.5 Å². The first-order chi connectivity index (χ1) is 19.0. The minimum absolute atomic E-state index is 0.0669. The molecule has 13 heteroatoms. The maximum atomic E-state index is 12.7. The topological polar surface area (TPSA) is 150 Å². The molecule has 1 saturated heterocycles. The summed E-state index contributed by atoms with van der Waals surface area (Å²) in [4.78, 5) is 28.6. The number of carboxylic acid groups (broad SMARTS) is 1. The highest BCUT2D eigenvalue weighted by Crippen LogP contribution is 2.47. The minimum Gasteiger partial charge on any atom is -0.481 e. The molecule has 39 heavy (non-hydrogen) atoms. The van der Waals surface area contributed by atoms with E-state index in [0.717, 1.165) is 17.5 Å². The van der Waals surface area contributed by atoms with Crippen LogP contribution in [-0.4, -0.2) is 75.6 Å². The molecule has 1 fully saturated rings. The first-order valence-electron chi connectivity index (χ1n) is 12.6. The highest BCUT2D eigenvalue weighted by atomic mass is 16.7. The molecule has 2 aromatic carbocycles. The van der Waals surface area contributed by atoms with Crippen LogP contribution in [0.2, 0.25) is 0 Å². The Hall–Kier alpha value is -4.23. The molecule has 2 N–H and O–H groups in total. The fourth-order valence-corrected chi connectivity index (χ4v) is 5.10. The number of amides is 1. The Morgan fingerprint density at radius 2 is 1.92 bits per heavy atom. The van der Waals surface area contributed by atoms with Crippen molar-refractivity contribution >= 4 is 11.9 Å².